The van der Waals surface area contributed by atoms with Crippen LogP contribution in [0.3, 0.4) is 0 Å². The van der Waals surface area contributed by atoms with Gasteiger partial charge in [0.1, 0.15) is 5.78 Å². The molecule has 0 saturated heterocycles. The van der Waals surface area contributed by atoms with Crippen molar-refractivity contribution < 1.29 is 4.79 Å². The molecule has 0 aliphatic rings. The number of fused-ring (bicyclic) bond motifs is 1. The minimum Gasteiger partial charge on any atom is -0.299 e. The third kappa shape index (κ3) is 1.99. The monoisotopic (exact) mass is 212 g/mol. The third-order valence-corrected chi connectivity index (χ3v) is 3.10. The van der Waals surface area contributed by atoms with Crippen LogP contribution >= 0.6 is 0 Å². The van der Waals surface area contributed by atoms with Crippen LogP contribution < -0.4 is 0 Å². The summed E-state index contributed by atoms with van der Waals surface area (Å²) < 4.78 is 0. The molecule has 0 radical (unpaired) electrons. The molecule has 2 rings (SSSR count). The zero-order valence-electron chi connectivity index (χ0n) is 9.73. The fourth-order valence-corrected chi connectivity index (χ4v) is 1.97. The maximum absolute atomic E-state index is 11.6. The van der Waals surface area contributed by atoms with Gasteiger partial charge in [0.05, 0.1) is 0 Å². The second-order valence-corrected chi connectivity index (χ2v) is 4.15. The first-order chi connectivity index (χ1) is 7.72. The van der Waals surface area contributed by atoms with Crippen molar-refractivity contribution in [1.82, 2.24) is 0 Å². The fraction of sp³-hybridized carbons (Fsp3) is 0.267. The Bertz CT molecular complexity index is 514. The van der Waals surface area contributed by atoms with E-state index in [2.05, 4.69) is 30.3 Å². The van der Waals surface area contributed by atoms with Gasteiger partial charge in [-0.3, -0.25) is 4.79 Å². The van der Waals surface area contributed by atoms with Gasteiger partial charge >= 0.3 is 0 Å². The molecule has 1 atom stereocenters. The number of ketones is 1. The normalized spacial score (nSPS) is 12.6. The van der Waals surface area contributed by atoms with E-state index >= 15 is 0 Å². The Balaban J connectivity index is 2.43. The molecule has 0 bridgehead atoms. The molecular weight excluding hydrogens is 196 g/mol. The van der Waals surface area contributed by atoms with Crippen molar-refractivity contribution in [2.24, 2.45) is 0 Å². The summed E-state index contributed by atoms with van der Waals surface area (Å²) in [6, 6.07) is 14.5. The molecule has 1 nitrogen and oxygen atoms in total. The Morgan fingerprint density at radius 3 is 2.50 bits per heavy atom. The summed E-state index contributed by atoms with van der Waals surface area (Å²) in [4.78, 5) is 11.6. The topological polar surface area (TPSA) is 17.1 Å². The molecule has 0 aromatic heterocycles. The number of carbonyl (C=O) groups excluding carboxylic acids is 1. The highest BCUT2D eigenvalue weighted by molar-refractivity contribution is 5.88. The van der Waals surface area contributed by atoms with Crippen LogP contribution in [0.5, 0.6) is 0 Å². The van der Waals surface area contributed by atoms with Crippen molar-refractivity contribution in [2.75, 3.05) is 0 Å². The molecule has 0 spiro atoms. The van der Waals surface area contributed by atoms with Crippen molar-refractivity contribution >= 4 is 16.6 Å². The lowest BCUT2D eigenvalue weighted by molar-refractivity contribution is -0.119. The zero-order valence-corrected chi connectivity index (χ0v) is 9.73. The van der Waals surface area contributed by atoms with E-state index in [9.17, 15) is 4.79 Å². The number of hydrogen-bond donors (Lipinski definition) is 0. The van der Waals surface area contributed by atoms with Gasteiger partial charge in [0, 0.05) is 12.3 Å². The predicted molar refractivity (Wildman–Crippen MR) is 67.7 cm³/mol. The summed E-state index contributed by atoms with van der Waals surface area (Å²) in [7, 11) is 0. The molecule has 0 aliphatic carbocycles. The second-order valence-electron chi connectivity index (χ2n) is 4.15. The summed E-state index contributed by atoms with van der Waals surface area (Å²) in [6.45, 7) is 3.90. The van der Waals surface area contributed by atoms with Crippen LogP contribution in [0, 0.1) is 0 Å². The highest BCUT2D eigenvalue weighted by Crippen LogP contribution is 2.22. The Labute approximate surface area is 96.1 Å². The molecule has 0 amide bonds. The van der Waals surface area contributed by atoms with Crippen LogP contribution in [-0.2, 0) is 4.79 Å². The molecule has 0 heterocycles. The van der Waals surface area contributed by atoms with E-state index in [1.807, 2.05) is 26.0 Å². The van der Waals surface area contributed by atoms with Crippen molar-refractivity contribution in [1.29, 1.82) is 0 Å². The van der Waals surface area contributed by atoms with Crippen molar-refractivity contribution in [3.8, 4) is 0 Å². The van der Waals surface area contributed by atoms with Gasteiger partial charge in [0.2, 0.25) is 0 Å². The van der Waals surface area contributed by atoms with Gasteiger partial charge in [-0.05, 0) is 16.3 Å². The Kier molecular flexibility index (Phi) is 3.04. The van der Waals surface area contributed by atoms with Crippen LogP contribution in [0.1, 0.15) is 31.7 Å². The van der Waals surface area contributed by atoms with E-state index in [-0.39, 0.29) is 5.92 Å². The average Bonchev–Trinajstić information content (AvgIpc) is 2.36. The van der Waals surface area contributed by atoms with Crippen LogP contribution in [0.2, 0.25) is 0 Å². The van der Waals surface area contributed by atoms with Gasteiger partial charge < -0.3 is 0 Å². The summed E-state index contributed by atoms with van der Waals surface area (Å²) in [5.41, 5.74) is 1.12. The first-order valence-corrected chi connectivity index (χ1v) is 5.73. The van der Waals surface area contributed by atoms with E-state index < -0.39 is 0 Å². The lowest BCUT2D eigenvalue weighted by Gasteiger charge is -2.10. The minimum atomic E-state index is 0.00889. The minimum absolute atomic E-state index is 0.00889. The molecule has 16 heavy (non-hydrogen) atoms. The summed E-state index contributed by atoms with van der Waals surface area (Å²) in [5, 5.41) is 2.43. The van der Waals surface area contributed by atoms with Crippen molar-refractivity contribution in [3.63, 3.8) is 0 Å². The average molecular weight is 212 g/mol. The Hall–Kier alpha value is -1.63. The molecular formula is C15H16O. The maximum atomic E-state index is 11.6. The molecule has 0 saturated carbocycles. The van der Waals surface area contributed by atoms with Gasteiger partial charge in [-0.15, -0.1) is 0 Å². The molecule has 0 unspecified atom stereocenters. The number of Topliss-reactive ketones (excluding diaryl/α,β-unsaturated/α-hetero) is 1. The molecule has 2 aromatic carbocycles. The van der Waals surface area contributed by atoms with Crippen molar-refractivity contribution in [3.05, 3.63) is 48.0 Å². The van der Waals surface area contributed by atoms with E-state index in [0.717, 1.165) is 5.56 Å². The van der Waals surface area contributed by atoms with E-state index in [4.69, 9.17) is 0 Å². The van der Waals surface area contributed by atoms with Gasteiger partial charge in [-0.2, -0.15) is 0 Å². The molecule has 0 fully saturated rings. The van der Waals surface area contributed by atoms with Crippen LogP contribution in [-0.4, -0.2) is 5.78 Å². The highest BCUT2D eigenvalue weighted by atomic mass is 16.1. The summed E-state index contributed by atoms with van der Waals surface area (Å²) >= 11 is 0. The second kappa shape index (κ2) is 4.48. The number of rotatable bonds is 3. The largest absolute Gasteiger partial charge is 0.299 e. The Morgan fingerprint density at radius 2 is 1.81 bits per heavy atom. The van der Waals surface area contributed by atoms with E-state index in [1.54, 1.807) is 0 Å². The van der Waals surface area contributed by atoms with Crippen LogP contribution in [0.25, 0.3) is 10.8 Å². The van der Waals surface area contributed by atoms with Crippen LogP contribution in [0.15, 0.2) is 42.5 Å². The number of carbonyl (C=O) groups is 1. The molecule has 82 valence electrons. The molecule has 0 aliphatic heterocycles. The first kappa shape index (κ1) is 10.9. The number of hydrogen-bond acceptors (Lipinski definition) is 1. The van der Waals surface area contributed by atoms with Crippen molar-refractivity contribution in [2.45, 2.75) is 26.2 Å². The fourth-order valence-electron chi connectivity index (χ4n) is 1.97. The van der Waals surface area contributed by atoms with E-state index in [1.165, 1.54) is 10.8 Å². The maximum Gasteiger partial charge on any atom is 0.139 e. The quantitative estimate of drug-likeness (QED) is 0.753. The summed E-state index contributed by atoms with van der Waals surface area (Å²) in [5.74, 6) is 0.310. The van der Waals surface area contributed by atoms with Gasteiger partial charge in [0.25, 0.3) is 0 Å². The first-order valence-electron chi connectivity index (χ1n) is 5.73. The lowest BCUT2D eigenvalue weighted by Crippen LogP contribution is -2.07. The smallest absolute Gasteiger partial charge is 0.139 e. The standard InChI is InChI=1S/C15H16O/c1-3-15(16)11(2)13-9-8-12-6-4-5-7-14(12)10-13/h4-11H,3H2,1-2H3/t11-/m0/s1. The Morgan fingerprint density at radius 1 is 1.12 bits per heavy atom. The zero-order chi connectivity index (χ0) is 11.5. The summed E-state index contributed by atoms with van der Waals surface area (Å²) in [6.07, 6.45) is 0.605. The van der Waals surface area contributed by atoms with Crippen LogP contribution in [0.4, 0.5) is 0 Å². The predicted octanol–water partition coefficient (Wildman–Crippen LogP) is 3.92. The van der Waals surface area contributed by atoms with Gasteiger partial charge in [0.15, 0.2) is 0 Å². The molecule has 0 N–H and O–H groups in total. The van der Waals surface area contributed by atoms with Gasteiger partial charge in [-0.25, -0.2) is 0 Å². The highest BCUT2D eigenvalue weighted by Gasteiger charge is 2.12. The number of benzene rings is 2. The SMILES string of the molecule is CCC(=O)[C@@H](C)c1ccc2ccccc2c1. The molecule has 1 heteroatoms. The van der Waals surface area contributed by atoms with Gasteiger partial charge in [-0.1, -0.05) is 56.3 Å². The third-order valence-electron chi connectivity index (χ3n) is 3.10. The molecule has 2 aromatic rings. The van der Waals surface area contributed by atoms with E-state index in [0.29, 0.717) is 12.2 Å². The lowest BCUT2D eigenvalue weighted by atomic mass is 9.93.